The van der Waals surface area contributed by atoms with Crippen molar-refractivity contribution in [3.8, 4) is 0 Å². The largest absolute Gasteiger partial charge is 0.472 e. The average Bonchev–Trinajstić information content (AvgIpc) is 3.45. The SMILES string of the molecule is CCCCCCCCCCCCCCC(=O)OC[C@H](COP(=O)(O)OC[C@@H](O)COP(=O)(O)OC[C@@H](COC(=O)CCCCCCCCCC)OC(=O)CCCCCCCCC(C)CC)OC(=O)CCCCCCCCCCC(C)CC. The van der Waals surface area contributed by atoms with Gasteiger partial charge in [-0.15, -0.1) is 0 Å². The van der Waals surface area contributed by atoms with Crippen LogP contribution in [0.1, 0.15) is 311 Å². The number of carbonyl (C=O) groups is 4. The van der Waals surface area contributed by atoms with E-state index in [0.717, 1.165) is 108 Å². The van der Waals surface area contributed by atoms with Crippen LogP contribution in [0.25, 0.3) is 0 Å². The van der Waals surface area contributed by atoms with Crippen LogP contribution in [0.3, 0.4) is 0 Å². The van der Waals surface area contributed by atoms with E-state index in [9.17, 15) is 43.2 Å². The molecule has 0 spiro atoms. The van der Waals surface area contributed by atoms with Gasteiger partial charge in [-0.3, -0.25) is 37.3 Å². The number of unbranched alkanes of at least 4 members (excludes halogenated alkanes) is 30. The van der Waals surface area contributed by atoms with Crippen LogP contribution in [0, 0.1) is 11.8 Å². The third-order valence-electron chi connectivity index (χ3n) is 15.2. The number of phosphoric ester groups is 2. The second-order valence-electron chi connectivity index (χ2n) is 23.3. The van der Waals surface area contributed by atoms with Gasteiger partial charge < -0.3 is 33.8 Å². The van der Waals surface area contributed by atoms with Crippen molar-refractivity contribution in [2.75, 3.05) is 39.6 Å². The van der Waals surface area contributed by atoms with Crippen molar-refractivity contribution < 1.29 is 80.2 Å². The fraction of sp³-hybridized carbons (Fsp3) is 0.937. The van der Waals surface area contributed by atoms with E-state index in [2.05, 4.69) is 41.5 Å². The lowest BCUT2D eigenvalue weighted by Gasteiger charge is -2.21. The molecule has 0 aliphatic heterocycles. The van der Waals surface area contributed by atoms with Gasteiger partial charge in [0.15, 0.2) is 12.2 Å². The van der Waals surface area contributed by atoms with Crippen molar-refractivity contribution >= 4 is 39.5 Å². The van der Waals surface area contributed by atoms with Crippen molar-refractivity contribution in [2.24, 2.45) is 11.8 Å². The molecule has 0 radical (unpaired) electrons. The molecule has 7 atom stereocenters. The number of rotatable bonds is 62. The first-order chi connectivity index (χ1) is 39.4. The summed E-state index contributed by atoms with van der Waals surface area (Å²) in [5.74, 6) is -0.650. The highest BCUT2D eigenvalue weighted by molar-refractivity contribution is 7.47. The zero-order valence-electron chi connectivity index (χ0n) is 52.8. The van der Waals surface area contributed by atoms with E-state index < -0.39 is 97.5 Å². The number of esters is 4. The second-order valence-corrected chi connectivity index (χ2v) is 26.2. The lowest BCUT2D eigenvalue weighted by molar-refractivity contribution is -0.161. The number of hydrogen-bond donors (Lipinski definition) is 3. The second kappa shape index (κ2) is 55.6. The zero-order valence-corrected chi connectivity index (χ0v) is 54.6. The van der Waals surface area contributed by atoms with Crippen molar-refractivity contribution in [3.05, 3.63) is 0 Å². The molecule has 19 heteroatoms. The number of ether oxygens (including phenoxy) is 4. The lowest BCUT2D eigenvalue weighted by atomic mass is 9.99. The summed E-state index contributed by atoms with van der Waals surface area (Å²) in [4.78, 5) is 72.1. The third-order valence-corrected chi connectivity index (χ3v) is 17.1. The Bertz CT molecular complexity index is 1620. The third kappa shape index (κ3) is 54.7. The summed E-state index contributed by atoms with van der Waals surface area (Å²) in [6.07, 6.45) is 37.5. The molecule has 0 saturated heterocycles. The Morgan fingerprint density at radius 1 is 0.341 bits per heavy atom. The van der Waals surface area contributed by atoms with Crippen LogP contribution >= 0.6 is 15.6 Å². The quantitative estimate of drug-likeness (QED) is 0.0222. The molecule has 0 rings (SSSR count). The van der Waals surface area contributed by atoms with Gasteiger partial charge in [-0.25, -0.2) is 9.13 Å². The molecule has 3 N–H and O–H groups in total. The topological polar surface area (TPSA) is 237 Å². The highest BCUT2D eigenvalue weighted by Crippen LogP contribution is 2.45. The van der Waals surface area contributed by atoms with E-state index in [1.54, 1.807) is 0 Å². The molecule has 0 aromatic carbocycles. The summed E-state index contributed by atoms with van der Waals surface area (Å²) in [6.45, 7) is 9.41. The van der Waals surface area contributed by atoms with Crippen LogP contribution in [0.15, 0.2) is 0 Å². The van der Waals surface area contributed by atoms with Crippen LogP contribution in [-0.4, -0.2) is 96.7 Å². The maximum atomic E-state index is 13.0. The Morgan fingerprint density at radius 2 is 0.585 bits per heavy atom. The summed E-state index contributed by atoms with van der Waals surface area (Å²) in [7, 11) is -9.88. The molecular formula is C63H122O17P2. The molecule has 0 fully saturated rings. The number of aliphatic hydroxyl groups is 1. The molecule has 0 heterocycles. The minimum absolute atomic E-state index is 0.103. The van der Waals surface area contributed by atoms with E-state index in [1.807, 2.05) is 0 Å². The summed E-state index contributed by atoms with van der Waals surface area (Å²) >= 11 is 0. The first-order valence-corrected chi connectivity index (χ1v) is 36.1. The maximum absolute atomic E-state index is 13.0. The molecule has 0 saturated carbocycles. The molecule has 0 amide bonds. The van der Waals surface area contributed by atoms with E-state index in [-0.39, 0.29) is 25.7 Å². The molecule has 486 valence electrons. The van der Waals surface area contributed by atoms with Crippen LogP contribution in [-0.2, 0) is 65.4 Å². The Morgan fingerprint density at radius 3 is 0.866 bits per heavy atom. The minimum Gasteiger partial charge on any atom is -0.462 e. The first kappa shape index (κ1) is 80.1. The van der Waals surface area contributed by atoms with Gasteiger partial charge in [-0.05, 0) is 37.5 Å². The van der Waals surface area contributed by atoms with Crippen LogP contribution in [0.2, 0.25) is 0 Å². The van der Waals surface area contributed by atoms with Gasteiger partial charge in [-0.2, -0.15) is 0 Å². The number of carbonyl (C=O) groups excluding carboxylic acids is 4. The van der Waals surface area contributed by atoms with E-state index >= 15 is 0 Å². The predicted octanol–water partition coefficient (Wildman–Crippen LogP) is 17.3. The minimum atomic E-state index is -4.94. The van der Waals surface area contributed by atoms with Gasteiger partial charge in [-0.1, -0.05) is 260 Å². The summed E-state index contributed by atoms with van der Waals surface area (Å²) in [6, 6.07) is 0. The molecule has 0 aliphatic carbocycles. The van der Waals surface area contributed by atoms with Crippen molar-refractivity contribution in [2.45, 2.75) is 330 Å². The molecule has 0 bridgehead atoms. The highest BCUT2D eigenvalue weighted by atomic mass is 31.2. The monoisotopic (exact) mass is 1210 g/mol. The van der Waals surface area contributed by atoms with E-state index in [0.29, 0.717) is 25.7 Å². The summed E-state index contributed by atoms with van der Waals surface area (Å²) < 4.78 is 67.9. The smallest absolute Gasteiger partial charge is 0.462 e. The van der Waals surface area contributed by atoms with Gasteiger partial charge in [0.1, 0.15) is 19.3 Å². The molecule has 0 aromatic rings. The summed E-state index contributed by atoms with van der Waals surface area (Å²) in [5, 5.41) is 10.5. The fourth-order valence-corrected chi connectivity index (χ4v) is 10.9. The Hall–Kier alpha value is -1.94. The first-order valence-electron chi connectivity index (χ1n) is 33.1. The van der Waals surface area contributed by atoms with E-state index in [4.69, 9.17) is 37.0 Å². The Balaban J connectivity index is 5.24. The van der Waals surface area contributed by atoms with Crippen LogP contribution < -0.4 is 0 Å². The van der Waals surface area contributed by atoms with Gasteiger partial charge in [0.2, 0.25) is 0 Å². The van der Waals surface area contributed by atoms with E-state index in [1.165, 1.54) is 122 Å². The predicted molar refractivity (Wildman–Crippen MR) is 326 cm³/mol. The van der Waals surface area contributed by atoms with Gasteiger partial charge in [0.05, 0.1) is 26.4 Å². The Labute approximate surface area is 498 Å². The standard InChI is InChI=1S/C63H122O17P2/c1-7-11-13-15-17-19-20-21-22-27-34-40-46-61(66)74-51-58(79-62(67)47-41-35-28-24-23-25-31-37-43-55(5)9-3)53-77-81(69,70)75-49-57(64)50-76-82(71,72)78-54-59(52-73-60(65)45-39-33-26-18-16-14-12-8-2)80-63(68)48-42-36-30-29-32-38-44-56(6)10-4/h55-59,64H,7-54H2,1-6H3,(H,69,70)(H,71,72)/t55?,56?,57-,58-,59-/m1/s1. The number of phosphoric acid groups is 2. The number of aliphatic hydroxyl groups excluding tert-OH is 1. The van der Waals surface area contributed by atoms with Crippen molar-refractivity contribution in [1.82, 2.24) is 0 Å². The van der Waals surface area contributed by atoms with Gasteiger partial charge >= 0.3 is 39.5 Å². The molecule has 0 aliphatic rings. The Kier molecular flexibility index (Phi) is 54.3. The normalized spacial score (nSPS) is 15.0. The van der Waals surface area contributed by atoms with Crippen molar-refractivity contribution in [3.63, 3.8) is 0 Å². The molecule has 4 unspecified atom stereocenters. The molecule has 17 nitrogen and oxygen atoms in total. The highest BCUT2D eigenvalue weighted by Gasteiger charge is 2.30. The van der Waals surface area contributed by atoms with Gasteiger partial charge in [0.25, 0.3) is 0 Å². The van der Waals surface area contributed by atoms with Crippen LogP contribution in [0.4, 0.5) is 0 Å². The maximum Gasteiger partial charge on any atom is 0.472 e. The van der Waals surface area contributed by atoms with Crippen molar-refractivity contribution in [1.29, 1.82) is 0 Å². The summed E-state index contributed by atoms with van der Waals surface area (Å²) in [5.41, 5.74) is 0. The molecular weight excluding hydrogens is 1090 g/mol. The zero-order chi connectivity index (χ0) is 60.8. The average molecular weight is 1210 g/mol. The van der Waals surface area contributed by atoms with Gasteiger partial charge in [0, 0.05) is 25.7 Å². The molecule has 0 aromatic heterocycles. The fourth-order valence-electron chi connectivity index (χ4n) is 9.29. The molecule has 82 heavy (non-hydrogen) atoms. The van der Waals surface area contributed by atoms with Crippen LogP contribution in [0.5, 0.6) is 0 Å². The lowest BCUT2D eigenvalue weighted by Crippen LogP contribution is -2.30. The number of hydrogen-bond acceptors (Lipinski definition) is 15.